The third kappa shape index (κ3) is 4.26. The van der Waals surface area contributed by atoms with Crippen LogP contribution in [-0.2, 0) is 0 Å². The Balaban J connectivity index is 1.83. The van der Waals surface area contributed by atoms with Crippen LogP contribution in [0.1, 0.15) is 31.2 Å². The molecule has 9 heteroatoms. The second-order valence-corrected chi connectivity index (χ2v) is 6.90. The molecule has 0 saturated heterocycles. The van der Waals surface area contributed by atoms with Gasteiger partial charge < -0.3 is 16.4 Å². The number of halogens is 1. The molecule has 0 bridgehead atoms. The van der Waals surface area contributed by atoms with Crippen molar-refractivity contribution in [1.82, 2.24) is 9.97 Å². The van der Waals surface area contributed by atoms with Gasteiger partial charge in [0.25, 0.3) is 11.8 Å². The van der Waals surface area contributed by atoms with Crippen LogP contribution in [0.15, 0.2) is 36.7 Å². The Hall–Kier alpha value is -3.33. The topological polar surface area (TPSA) is 110 Å². The summed E-state index contributed by atoms with van der Waals surface area (Å²) in [5, 5.41) is 5.45. The van der Waals surface area contributed by atoms with Crippen LogP contribution in [0.2, 0.25) is 0 Å². The number of hydrogen-bond donors (Lipinski definition) is 3. The van der Waals surface area contributed by atoms with Gasteiger partial charge in [0.05, 0.1) is 11.8 Å². The van der Waals surface area contributed by atoms with Gasteiger partial charge >= 0.3 is 0 Å². The predicted octanol–water partition coefficient (Wildman–Crippen LogP) is 3.38. The molecule has 0 aliphatic heterocycles. The minimum absolute atomic E-state index is 0.206. The maximum Gasteiger partial charge on any atom is 0.267 e. The van der Waals surface area contributed by atoms with E-state index in [9.17, 15) is 14.0 Å². The monoisotopic (exact) mass is 385 g/mol. The number of carbonyl (C=O) groups is 2. The molecule has 3 rings (SSSR count). The van der Waals surface area contributed by atoms with Gasteiger partial charge in [-0.2, -0.15) is 0 Å². The molecule has 0 radical (unpaired) electrons. The zero-order valence-corrected chi connectivity index (χ0v) is 15.4. The summed E-state index contributed by atoms with van der Waals surface area (Å²) in [6.45, 7) is 3.49. The number of nitrogens with two attached hydrogens (primary N) is 1. The number of aromatic nitrogens is 2. The Bertz CT molecular complexity index is 1020. The Kier molecular flexibility index (Phi) is 5.13. The highest BCUT2D eigenvalue weighted by atomic mass is 32.1. The molecule has 0 atom stereocenters. The largest absolute Gasteiger partial charge is 0.375 e. The smallest absolute Gasteiger partial charge is 0.267 e. The van der Waals surface area contributed by atoms with Crippen molar-refractivity contribution in [3.63, 3.8) is 0 Å². The maximum absolute atomic E-state index is 14.3. The van der Waals surface area contributed by atoms with E-state index >= 15 is 0 Å². The number of amides is 2. The normalized spacial score (nSPS) is 10.5. The Morgan fingerprint density at radius 2 is 1.85 bits per heavy atom. The van der Waals surface area contributed by atoms with Gasteiger partial charge in [-0.1, -0.05) is 17.4 Å². The lowest BCUT2D eigenvalue weighted by Crippen LogP contribution is -2.17. The van der Waals surface area contributed by atoms with Gasteiger partial charge in [0.15, 0.2) is 5.13 Å². The summed E-state index contributed by atoms with van der Waals surface area (Å²) < 4.78 is 14.3. The van der Waals surface area contributed by atoms with Gasteiger partial charge in [0.1, 0.15) is 16.5 Å². The number of carbonyl (C=O) groups excluding carboxylic acids is 2. The predicted molar refractivity (Wildman–Crippen MR) is 103 cm³/mol. The van der Waals surface area contributed by atoms with Crippen LogP contribution < -0.4 is 16.4 Å². The minimum atomic E-state index is -0.697. The van der Waals surface area contributed by atoms with E-state index in [1.165, 1.54) is 18.3 Å². The lowest BCUT2D eigenvalue weighted by atomic mass is 10.1. The zero-order valence-electron chi connectivity index (χ0n) is 14.5. The van der Waals surface area contributed by atoms with Crippen molar-refractivity contribution in [3.05, 3.63) is 64.0 Å². The van der Waals surface area contributed by atoms with E-state index < -0.39 is 17.6 Å². The van der Waals surface area contributed by atoms with E-state index in [1.54, 1.807) is 25.3 Å². The third-order valence-corrected chi connectivity index (χ3v) is 4.53. The molecule has 7 nitrogen and oxygen atoms in total. The van der Waals surface area contributed by atoms with Crippen LogP contribution in [-0.4, -0.2) is 21.8 Å². The molecule has 0 saturated carbocycles. The number of rotatable bonds is 4. The minimum Gasteiger partial charge on any atom is -0.375 e. The van der Waals surface area contributed by atoms with Crippen LogP contribution in [0.4, 0.5) is 21.0 Å². The summed E-state index contributed by atoms with van der Waals surface area (Å²) in [6, 6.07) is 5.88. The van der Waals surface area contributed by atoms with Gasteiger partial charge in [-0.25, -0.2) is 14.4 Å². The van der Waals surface area contributed by atoms with E-state index in [-0.39, 0.29) is 10.7 Å². The molecule has 0 unspecified atom stereocenters. The lowest BCUT2D eigenvalue weighted by Gasteiger charge is -2.11. The van der Waals surface area contributed by atoms with Crippen LogP contribution in [0.3, 0.4) is 0 Å². The molecule has 2 amide bonds. The van der Waals surface area contributed by atoms with Crippen molar-refractivity contribution in [2.75, 3.05) is 16.4 Å². The van der Waals surface area contributed by atoms with Gasteiger partial charge in [-0.05, 0) is 43.2 Å². The van der Waals surface area contributed by atoms with Crippen molar-refractivity contribution < 1.29 is 14.0 Å². The van der Waals surface area contributed by atoms with Crippen LogP contribution >= 0.6 is 11.3 Å². The number of benzene rings is 1. The number of nitrogens with one attached hydrogen (secondary N) is 2. The maximum atomic E-state index is 14.3. The second kappa shape index (κ2) is 7.50. The fraction of sp³-hybridized carbons (Fsp3) is 0.111. The SMILES string of the molecule is Cc1ccc(NC(=O)c2cc(NC(=O)c3cnc(N)s3)c(C)cc2F)nc1. The molecule has 2 heterocycles. The highest BCUT2D eigenvalue weighted by Crippen LogP contribution is 2.23. The van der Waals surface area contributed by atoms with Gasteiger partial charge in [-0.15, -0.1) is 0 Å². The third-order valence-electron chi connectivity index (χ3n) is 3.71. The fourth-order valence-corrected chi connectivity index (χ4v) is 2.86. The fourth-order valence-electron chi connectivity index (χ4n) is 2.28. The number of nitrogens with zero attached hydrogens (tertiary/aromatic N) is 2. The summed E-state index contributed by atoms with van der Waals surface area (Å²) in [6.07, 6.45) is 2.94. The number of hydrogen-bond acceptors (Lipinski definition) is 6. The summed E-state index contributed by atoms with van der Waals surface area (Å²) in [7, 11) is 0. The number of anilines is 3. The average Bonchev–Trinajstić information content (AvgIpc) is 3.05. The van der Waals surface area contributed by atoms with Crippen LogP contribution in [0.5, 0.6) is 0 Å². The average molecular weight is 385 g/mol. The van der Waals surface area contributed by atoms with Crippen molar-refractivity contribution in [2.24, 2.45) is 0 Å². The molecule has 1 aromatic carbocycles. The van der Waals surface area contributed by atoms with E-state index in [1.807, 2.05) is 6.92 Å². The van der Waals surface area contributed by atoms with Crippen LogP contribution in [0.25, 0.3) is 0 Å². The van der Waals surface area contributed by atoms with E-state index in [0.717, 1.165) is 16.9 Å². The summed E-state index contributed by atoms with van der Waals surface area (Å²) in [4.78, 5) is 32.9. The van der Waals surface area contributed by atoms with Crippen molar-refractivity contribution >= 4 is 39.8 Å². The summed E-state index contributed by atoms with van der Waals surface area (Å²) >= 11 is 1.03. The van der Waals surface area contributed by atoms with Gasteiger partial charge in [0, 0.05) is 11.9 Å². The van der Waals surface area contributed by atoms with Gasteiger partial charge in [-0.3, -0.25) is 9.59 Å². The first kappa shape index (κ1) is 18.5. The molecule has 138 valence electrons. The molecule has 27 heavy (non-hydrogen) atoms. The first-order valence-corrected chi connectivity index (χ1v) is 8.72. The Morgan fingerprint density at radius 3 is 2.48 bits per heavy atom. The van der Waals surface area contributed by atoms with Gasteiger partial charge in [0.2, 0.25) is 0 Å². The van der Waals surface area contributed by atoms with E-state index in [4.69, 9.17) is 5.73 Å². The molecule has 0 spiro atoms. The molecular formula is C18H16FN5O2S. The van der Waals surface area contributed by atoms with Crippen molar-refractivity contribution in [1.29, 1.82) is 0 Å². The number of thiazole rings is 1. The summed E-state index contributed by atoms with van der Waals surface area (Å²) in [5.74, 6) is -1.50. The second-order valence-electron chi connectivity index (χ2n) is 5.84. The molecule has 0 aliphatic rings. The molecule has 4 N–H and O–H groups in total. The highest BCUT2D eigenvalue weighted by molar-refractivity contribution is 7.17. The quantitative estimate of drug-likeness (QED) is 0.638. The number of nitrogen functional groups attached to an aromatic ring is 1. The Morgan fingerprint density at radius 1 is 1.07 bits per heavy atom. The number of pyridine rings is 1. The summed E-state index contributed by atoms with van der Waals surface area (Å²) in [5.41, 5.74) is 7.04. The first-order valence-electron chi connectivity index (χ1n) is 7.90. The molecule has 3 aromatic rings. The van der Waals surface area contributed by atoms with Crippen LogP contribution in [0, 0.1) is 19.7 Å². The molecule has 0 aliphatic carbocycles. The number of aryl methyl sites for hydroxylation is 2. The lowest BCUT2D eigenvalue weighted by molar-refractivity contribution is 0.101. The molecule has 0 fully saturated rings. The van der Waals surface area contributed by atoms with E-state index in [0.29, 0.717) is 21.9 Å². The Labute approximate surface area is 158 Å². The standard InChI is InChI=1S/C18H16FN5O2S/c1-9-3-4-15(21-7-9)24-16(25)11-6-13(10(2)5-12(11)19)23-17(26)14-8-22-18(20)27-14/h3-8H,1-2H3,(H2,20,22)(H,23,26)(H,21,24,25). The highest BCUT2D eigenvalue weighted by Gasteiger charge is 2.17. The zero-order chi connectivity index (χ0) is 19.6. The van der Waals surface area contributed by atoms with E-state index in [2.05, 4.69) is 20.6 Å². The molecular weight excluding hydrogens is 369 g/mol. The van der Waals surface area contributed by atoms with Crippen molar-refractivity contribution in [2.45, 2.75) is 13.8 Å². The molecule has 2 aromatic heterocycles. The first-order chi connectivity index (χ1) is 12.8. The van der Waals surface area contributed by atoms with Crippen molar-refractivity contribution in [3.8, 4) is 0 Å².